The topological polar surface area (TPSA) is 32.3 Å². The van der Waals surface area contributed by atoms with Crippen molar-refractivity contribution in [1.82, 2.24) is 5.32 Å². The minimum absolute atomic E-state index is 0.472. The Bertz CT molecular complexity index is 396. The Morgan fingerprint density at radius 3 is 2.71 bits per heavy atom. The van der Waals surface area contributed by atoms with Crippen LogP contribution in [0.3, 0.4) is 0 Å². The van der Waals surface area contributed by atoms with Crippen molar-refractivity contribution in [3.8, 4) is 5.75 Å². The zero-order valence-electron chi connectivity index (χ0n) is 10.3. The van der Waals surface area contributed by atoms with E-state index in [1.165, 1.54) is 43.2 Å². The fourth-order valence-corrected chi connectivity index (χ4v) is 3.36. The van der Waals surface area contributed by atoms with Gasteiger partial charge in [-0.25, -0.2) is 0 Å². The van der Waals surface area contributed by atoms with Crippen LogP contribution in [0.1, 0.15) is 55.7 Å². The standard InChI is InChI=1S/C15H21NO/c17-15-8-4-7-12-13(15)9-10-14(12)16-11-5-2-1-3-6-11/h4,7-8,11,14,16-17H,1-3,5-6,9-10H2. The number of hydrogen-bond donors (Lipinski definition) is 2. The van der Waals surface area contributed by atoms with Gasteiger partial charge in [0.05, 0.1) is 0 Å². The average Bonchev–Trinajstić information content (AvgIpc) is 2.76. The lowest BCUT2D eigenvalue weighted by Gasteiger charge is -2.27. The number of phenols is 1. The second kappa shape index (κ2) is 4.69. The third-order valence-electron chi connectivity index (χ3n) is 4.29. The summed E-state index contributed by atoms with van der Waals surface area (Å²) in [5.74, 6) is 0.482. The summed E-state index contributed by atoms with van der Waals surface area (Å²) >= 11 is 0. The summed E-state index contributed by atoms with van der Waals surface area (Å²) in [6.45, 7) is 0. The van der Waals surface area contributed by atoms with Crippen LogP contribution in [0.2, 0.25) is 0 Å². The maximum Gasteiger partial charge on any atom is 0.119 e. The molecule has 1 saturated carbocycles. The average molecular weight is 231 g/mol. The smallest absolute Gasteiger partial charge is 0.119 e. The summed E-state index contributed by atoms with van der Waals surface area (Å²) in [6.07, 6.45) is 8.96. The third kappa shape index (κ3) is 2.19. The Labute approximate surface area is 103 Å². The molecular weight excluding hydrogens is 210 g/mol. The number of phenolic OH excluding ortho intramolecular Hbond substituents is 1. The largest absolute Gasteiger partial charge is 0.508 e. The third-order valence-corrected chi connectivity index (χ3v) is 4.29. The zero-order valence-corrected chi connectivity index (χ0v) is 10.3. The normalized spacial score (nSPS) is 24.8. The summed E-state index contributed by atoms with van der Waals surface area (Å²) < 4.78 is 0. The van der Waals surface area contributed by atoms with Gasteiger partial charge in [-0.15, -0.1) is 0 Å². The van der Waals surface area contributed by atoms with Gasteiger partial charge in [0, 0.05) is 12.1 Å². The van der Waals surface area contributed by atoms with E-state index in [1.54, 1.807) is 0 Å². The van der Waals surface area contributed by atoms with Crippen LogP contribution in [0, 0.1) is 0 Å². The van der Waals surface area contributed by atoms with E-state index in [0.717, 1.165) is 12.8 Å². The molecule has 1 atom stereocenters. The van der Waals surface area contributed by atoms with Crippen LogP contribution in [0.5, 0.6) is 5.75 Å². The molecule has 0 aromatic heterocycles. The monoisotopic (exact) mass is 231 g/mol. The van der Waals surface area contributed by atoms with Crippen LogP contribution >= 0.6 is 0 Å². The van der Waals surface area contributed by atoms with E-state index >= 15 is 0 Å². The number of aromatic hydroxyl groups is 1. The first-order chi connectivity index (χ1) is 8.34. The molecule has 2 aliphatic rings. The van der Waals surface area contributed by atoms with E-state index in [4.69, 9.17) is 0 Å². The van der Waals surface area contributed by atoms with Gasteiger partial charge in [-0.1, -0.05) is 31.4 Å². The number of rotatable bonds is 2. The lowest BCUT2D eigenvalue weighted by atomic mass is 9.94. The Hall–Kier alpha value is -1.02. The molecule has 2 aliphatic carbocycles. The van der Waals surface area contributed by atoms with Crippen LogP contribution in [0.4, 0.5) is 0 Å². The van der Waals surface area contributed by atoms with Crippen molar-refractivity contribution in [1.29, 1.82) is 0 Å². The summed E-state index contributed by atoms with van der Waals surface area (Å²) in [7, 11) is 0. The van der Waals surface area contributed by atoms with Crippen molar-refractivity contribution in [3.63, 3.8) is 0 Å². The molecule has 0 saturated heterocycles. The molecule has 1 unspecified atom stereocenters. The van der Waals surface area contributed by atoms with Crippen molar-refractivity contribution in [2.75, 3.05) is 0 Å². The highest BCUT2D eigenvalue weighted by atomic mass is 16.3. The first-order valence-electron chi connectivity index (χ1n) is 6.91. The molecule has 0 amide bonds. The molecule has 0 heterocycles. The molecule has 0 radical (unpaired) electrons. The quantitative estimate of drug-likeness (QED) is 0.818. The van der Waals surface area contributed by atoms with Crippen LogP contribution in [-0.4, -0.2) is 11.1 Å². The molecule has 17 heavy (non-hydrogen) atoms. The molecule has 0 spiro atoms. The second-order valence-corrected chi connectivity index (χ2v) is 5.44. The summed E-state index contributed by atoms with van der Waals surface area (Å²) in [5.41, 5.74) is 2.50. The van der Waals surface area contributed by atoms with Gasteiger partial charge in [0.15, 0.2) is 0 Å². The fourth-order valence-electron chi connectivity index (χ4n) is 3.36. The van der Waals surface area contributed by atoms with Crippen LogP contribution in [0.25, 0.3) is 0 Å². The van der Waals surface area contributed by atoms with E-state index < -0.39 is 0 Å². The lowest BCUT2D eigenvalue weighted by molar-refractivity contribution is 0.337. The van der Waals surface area contributed by atoms with Gasteiger partial charge in [0.2, 0.25) is 0 Å². The van der Waals surface area contributed by atoms with Crippen LogP contribution in [-0.2, 0) is 6.42 Å². The molecule has 2 heteroatoms. The Balaban J connectivity index is 1.72. The maximum atomic E-state index is 9.83. The van der Waals surface area contributed by atoms with E-state index in [1.807, 2.05) is 12.1 Å². The molecule has 92 valence electrons. The first kappa shape index (κ1) is 11.1. The van der Waals surface area contributed by atoms with Crippen molar-refractivity contribution in [2.45, 2.75) is 57.0 Å². The van der Waals surface area contributed by atoms with Gasteiger partial charge in [0.25, 0.3) is 0 Å². The molecular formula is C15H21NO. The van der Waals surface area contributed by atoms with Crippen LogP contribution < -0.4 is 5.32 Å². The Morgan fingerprint density at radius 2 is 1.88 bits per heavy atom. The highest BCUT2D eigenvalue weighted by molar-refractivity contribution is 5.44. The van der Waals surface area contributed by atoms with E-state index in [0.29, 0.717) is 17.8 Å². The predicted molar refractivity (Wildman–Crippen MR) is 69.2 cm³/mol. The van der Waals surface area contributed by atoms with Gasteiger partial charge in [-0.3, -0.25) is 0 Å². The summed E-state index contributed by atoms with van der Waals surface area (Å²) in [6, 6.07) is 7.11. The molecule has 2 nitrogen and oxygen atoms in total. The first-order valence-corrected chi connectivity index (χ1v) is 6.91. The molecule has 1 aromatic carbocycles. The highest BCUT2D eigenvalue weighted by Gasteiger charge is 2.26. The zero-order chi connectivity index (χ0) is 11.7. The molecule has 1 aromatic rings. The predicted octanol–water partition coefficient (Wildman–Crippen LogP) is 3.30. The summed E-state index contributed by atoms with van der Waals surface area (Å²) in [5, 5.41) is 13.6. The second-order valence-electron chi connectivity index (χ2n) is 5.44. The minimum Gasteiger partial charge on any atom is -0.508 e. The Morgan fingerprint density at radius 1 is 1.06 bits per heavy atom. The van der Waals surface area contributed by atoms with Crippen molar-refractivity contribution in [2.24, 2.45) is 0 Å². The number of nitrogens with one attached hydrogen (secondary N) is 1. The van der Waals surface area contributed by atoms with Gasteiger partial charge in [0.1, 0.15) is 5.75 Å². The molecule has 0 aliphatic heterocycles. The summed E-state index contributed by atoms with van der Waals surface area (Å²) in [4.78, 5) is 0. The van der Waals surface area contributed by atoms with Gasteiger partial charge in [-0.05, 0) is 42.9 Å². The lowest BCUT2D eigenvalue weighted by Crippen LogP contribution is -2.33. The fraction of sp³-hybridized carbons (Fsp3) is 0.600. The molecule has 3 rings (SSSR count). The molecule has 2 N–H and O–H groups in total. The van der Waals surface area contributed by atoms with Crippen LogP contribution in [0.15, 0.2) is 18.2 Å². The SMILES string of the molecule is Oc1cccc2c1CCC2NC1CCCCC1. The maximum absolute atomic E-state index is 9.83. The van der Waals surface area contributed by atoms with E-state index in [9.17, 15) is 5.11 Å². The number of fused-ring (bicyclic) bond motifs is 1. The van der Waals surface area contributed by atoms with Gasteiger partial charge in [-0.2, -0.15) is 0 Å². The van der Waals surface area contributed by atoms with E-state index in [2.05, 4.69) is 11.4 Å². The van der Waals surface area contributed by atoms with E-state index in [-0.39, 0.29) is 0 Å². The number of hydrogen-bond acceptors (Lipinski definition) is 2. The Kier molecular flexibility index (Phi) is 3.06. The van der Waals surface area contributed by atoms with Gasteiger partial charge >= 0.3 is 0 Å². The van der Waals surface area contributed by atoms with Crippen molar-refractivity contribution in [3.05, 3.63) is 29.3 Å². The number of benzene rings is 1. The molecule has 0 bridgehead atoms. The minimum atomic E-state index is 0.472. The van der Waals surface area contributed by atoms with Gasteiger partial charge < -0.3 is 10.4 Å². The van der Waals surface area contributed by atoms with Crippen molar-refractivity contribution < 1.29 is 5.11 Å². The highest BCUT2D eigenvalue weighted by Crippen LogP contribution is 2.37. The molecule has 1 fully saturated rings. The van der Waals surface area contributed by atoms with Crippen molar-refractivity contribution >= 4 is 0 Å².